The van der Waals surface area contributed by atoms with Gasteiger partial charge in [0.2, 0.25) is 0 Å². The number of rotatable bonds is 10. The lowest BCUT2D eigenvalue weighted by Gasteiger charge is -2.27. The molecule has 0 aliphatic rings. The van der Waals surface area contributed by atoms with Crippen molar-refractivity contribution in [2.45, 2.75) is 19.3 Å². The molecule has 0 atom stereocenters. The van der Waals surface area contributed by atoms with Crippen molar-refractivity contribution >= 4 is 34.1 Å². The standard InChI is InChI=1S/C41H36N2/c1-32(2)31-41(33-23-27-39(28-24-33)42(35-15-7-3-8-16-35)36-17-9-4-10-18-36)34-25-29-40(30-26-34)43(37-19-11-5-12-20-37)38-21-13-6-14-22-38/h3-30,41H,1,31H2,2H3. The van der Waals surface area contributed by atoms with Crippen molar-refractivity contribution in [2.24, 2.45) is 0 Å². The van der Waals surface area contributed by atoms with Crippen LogP contribution in [0.2, 0.25) is 0 Å². The zero-order chi connectivity index (χ0) is 29.4. The van der Waals surface area contributed by atoms with Crippen molar-refractivity contribution in [3.05, 3.63) is 193 Å². The van der Waals surface area contributed by atoms with Gasteiger partial charge in [0.25, 0.3) is 0 Å². The molecule has 0 radical (unpaired) electrons. The van der Waals surface area contributed by atoms with Gasteiger partial charge in [0, 0.05) is 40.0 Å². The van der Waals surface area contributed by atoms with Gasteiger partial charge in [0.1, 0.15) is 0 Å². The minimum Gasteiger partial charge on any atom is -0.311 e. The quantitative estimate of drug-likeness (QED) is 0.155. The third-order valence-corrected chi connectivity index (χ3v) is 7.72. The van der Waals surface area contributed by atoms with E-state index in [4.69, 9.17) is 0 Å². The molecule has 210 valence electrons. The summed E-state index contributed by atoms with van der Waals surface area (Å²) in [6.07, 6.45) is 0.890. The van der Waals surface area contributed by atoms with Gasteiger partial charge < -0.3 is 9.80 Å². The Labute approximate surface area is 255 Å². The van der Waals surface area contributed by atoms with Crippen LogP contribution in [0.5, 0.6) is 0 Å². The lowest BCUT2D eigenvalue weighted by molar-refractivity contribution is 0.798. The second-order valence-electron chi connectivity index (χ2n) is 10.9. The summed E-state index contributed by atoms with van der Waals surface area (Å²) in [6, 6.07) is 60.2. The minimum atomic E-state index is 0.212. The van der Waals surface area contributed by atoms with Crippen molar-refractivity contribution in [3.63, 3.8) is 0 Å². The molecule has 0 N–H and O–H groups in total. The fourth-order valence-corrected chi connectivity index (χ4v) is 5.69. The molecule has 0 saturated heterocycles. The first-order chi connectivity index (χ1) is 21.2. The third kappa shape index (κ3) is 6.45. The number of allylic oxidation sites excluding steroid dienone is 1. The highest BCUT2D eigenvalue weighted by Crippen LogP contribution is 2.39. The Kier molecular flexibility index (Phi) is 8.47. The van der Waals surface area contributed by atoms with Crippen LogP contribution < -0.4 is 9.80 Å². The van der Waals surface area contributed by atoms with Gasteiger partial charge in [-0.05, 0) is 97.3 Å². The molecule has 0 bridgehead atoms. The van der Waals surface area contributed by atoms with Crippen LogP contribution in [0, 0.1) is 0 Å². The van der Waals surface area contributed by atoms with Crippen LogP contribution in [-0.4, -0.2) is 0 Å². The molecule has 0 aromatic heterocycles. The molecule has 0 saturated carbocycles. The van der Waals surface area contributed by atoms with Gasteiger partial charge >= 0.3 is 0 Å². The SMILES string of the molecule is C=C(C)CC(c1ccc(N(c2ccccc2)c2ccccc2)cc1)c1ccc(N(c2ccccc2)c2ccccc2)cc1. The summed E-state index contributed by atoms with van der Waals surface area (Å²) in [5.41, 5.74) is 10.5. The van der Waals surface area contributed by atoms with Crippen LogP contribution >= 0.6 is 0 Å². The molecule has 43 heavy (non-hydrogen) atoms. The van der Waals surface area contributed by atoms with Gasteiger partial charge in [0.05, 0.1) is 0 Å². The molecule has 6 aromatic rings. The van der Waals surface area contributed by atoms with E-state index in [9.17, 15) is 0 Å². The van der Waals surface area contributed by atoms with Crippen LogP contribution in [0.1, 0.15) is 30.4 Å². The van der Waals surface area contributed by atoms with Gasteiger partial charge in [-0.1, -0.05) is 103 Å². The Morgan fingerprint density at radius 2 is 0.674 bits per heavy atom. The molecular formula is C41H36N2. The number of benzene rings is 6. The number of para-hydroxylation sites is 4. The topological polar surface area (TPSA) is 6.48 Å². The van der Waals surface area contributed by atoms with Crippen LogP contribution in [0.4, 0.5) is 34.1 Å². The van der Waals surface area contributed by atoms with Crippen LogP contribution in [0.3, 0.4) is 0 Å². The smallest absolute Gasteiger partial charge is 0.0461 e. The van der Waals surface area contributed by atoms with Crippen LogP contribution in [-0.2, 0) is 0 Å². The Balaban J connectivity index is 1.33. The highest BCUT2D eigenvalue weighted by Gasteiger charge is 2.18. The first-order valence-corrected chi connectivity index (χ1v) is 14.8. The maximum atomic E-state index is 4.28. The Morgan fingerprint density at radius 3 is 0.930 bits per heavy atom. The average Bonchev–Trinajstić information content (AvgIpc) is 3.07. The molecule has 6 rings (SSSR count). The van der Waals surface area contributed by atoms with E-state index >= 15 is 0 Å². The van der Waals surface area contributed by atoms with E-state index in [2.05, 4.69) is 193 Å². The van der Waals surface area contributed by atoms with E-state index in [0.717, 1.165) is 40.5 Å². The Morgan fingerprint density at radius 1 is 0.419 bits per heavy atom. The number of hydrogen-bond acceptors (Lipinski definition) is 2. The molecule has 2 heteroatoms. The van der Waals surface area contributed by atoms with E-state index in [1.54, 1.807) is 0 Å². The zero-order valence-electron chi connectivity index (χ0n) is 24.6. The van der Waals surface area contributed by atoms with Crippen LogP contribution in [0.25, 0.3) is 0 Å². The summed E-state index contributed by atoms with van der Waals surface area (Å²) in [5, 5.41) is 0. The molecular weight excluding hydrogens is 520 g/mol. The summed E-state index contributed by atoms with van der Waals surface area (Å²) in [4.78, 5) is 4.60. The van der Waals surface area contributed by atoms with E-state index in [1.165, 1.54) is 16.7 Å². The summed E-state index contributed by atoms with van der Waals surface area (Å²) in [7, 11) is 0. The molecule has 2 nitrogen and oxygen atoms in total. The number of nitrogens with zero attached hydrogens (tertiary/aromatic N) is 2. The maximum Gasteiger partial charge on any atom is 0.0461 e. The second kappa shape index (κ2) is 13.1. The van der Waals surface area contributed by atoms with Crippen LogP contribution in [0.15, 0.2) is 182 Å². The van der Waals surface area contributed by atoms with Crippen molar-refractivity contribution < 1.29 is 0 Å². The van der Waals surface area contributed by atoms with Crippen molar-refractivity contribution in [1.82, 2.24) is 0 Å². The van der Waals surface area contributed by atoms with Crippen molar-refractivity contribution in [2.75, 3.05) is 9.80 Å². The normalized spacial score (nSPS) is 10.8. The zero-order valence-corrected chi connectivity index (χ0v) is 24.6. The Hall–Kier alpha value is -5.34. The molecule has 0 aliphatic carbocycles. The molecule has 0 amide bonds. The predicted octanol–water partition coefficient (Wildman–Crippen LogP) is 11.7. The van der Waals surface area contributed by atoms with E-state index in [0.29, 0.717) is 0 Å². The summed E-state index contributed by atoms with van der Waals surface area (Å²) >= 11 is 0. The first-order valence-electron chi connectivity index (χ1n) is 14.8. The highest BCUT2D eigenvalue weighted by molar-refractivity contribution is 5.77. The largest absolute Gasteiger partial charge is 0.311 e. The van der Waals surface area contributed by atoms with Gasteiger partial charge in [0.15, 0.2) is 0 Å². The Bertz CT molecular complexity index is 1520. The first kappa shape index (κ1) is 27.8. The van der Waals surface area contributed by atoms with Gasteiger partial charge in [-0.3, -0.25) is 0 Å². The fraction of sp³-hybridized carbons (Fsp3) is 0.0732. The van der Waals surface area contributed by atoms with Gasteiger partial charge in [-0.25, -0.2) is 0 Å². The maximum absolute atomic E-state index is 4.28. The second-order valence-corrected chi connectivity index (χ2v) is 10.9. The fourth-order valence-electron chi connectivity index (χ4n) is 5.69. The lowest BCUT2D eigenvalue weighted by atomic mass is 9.86. The van der Waals surface area contributed by atoms with E-state index in [1.807, 2.05) is 0 Å². The van der Waals surface area contributed by atoms with Crippen molar-refractivity contribution in [3.8, 4) is 0 Å². The molecule has 0 fully saturated rings. The summed E-state index contributed by atoms with van der Waals surface area (Å²) in [6.45, 7) is 6.40. The molecule has 0 aliphatic heterocycles. The molecule has 6 aromatic carbocycles. The van der Waals surface area contributed by atoms with Gasteiger partial charge in [-0.2, -0.15) is 0 Å². The van der Waals surface area contributed by atoms with Gasteiger partial charge in [-0.15, -0.1) is 6.58 Å². The van der Waals surface area contributed by atoms with Crippen molar-refractivity contribution in [1.29, 1.82) is 0 Å². The van der Waals surface area contributed by atoms with E-state index in [-0.39, 0.29) is 5.92 Å². The summed E-state index contributed by atoms with van der Waals surface area (Å²) in [5.74, 6) is 0.212. The van der Waals surface area contributed by atoms with E-state index < -0.39 is 0 Å². The number of anilines is 6. The lowest BCUT2D eigenvalue weighted by Crippen LogP contribution is -2.11. The number of hydrogen-bond donors (Lipinski definition) is 0. The average molecular weight is 557 g/mol. The highest BCUT2D eigenvalue weighted by atomic mass is 15.1. The third-order valence-electron chi connectivity index (χ3n) is 7.72. The monoisotopic (exact) mass is 556 g/mol. The molecule has 0 spiro atoms. The molecule has 0 heterocycles. The summed E-state index contributed by atoms with van der Waals surface area (Å²) < 4.78 is 0. The molecule has 0 unspecified atom stereocenters. The predicted molar refractivity (Wildman–Crippen MR) is 184 cm³/mol. The minimum absolute atomic E-state index is 0.212.